The van der Waals surface area contributed by atoms with Gasteiger partial charge in [-0.1, -0.05) is 26.8 Å². The fourth-order valence-corrected chi connectivity index (χ4v) is 5.66. The van der Waals surface area contributed by atoms with E-state index in [1.807, 2.05) is 0 Å². The van der Waals surface area contributed by atoms with Gasteiger partial charge in [0.1, 0.15) is 11.1 Å². The third-order valence-electron chi connectivity index (χ3n) is 5.44. The number of benzene rings is 1. The van der Waals surface area contributed by atoms with Crippen LogP contribution in [0.25, 0.3) is 0 Å². The van der Waals surface area contributed by atoms with E-state index in [9.17, 15) is 15.4 Å². The predicted octanol–water partition coefficient (Wildman–Crippen LogP) is 5.51. The molecule has 2 aromatic rings. The van der Waals surface area contributed by atoms with Crippen molar-refractivity contribution in [3.8, 4) is 6.07 Å². The van der Waals surface area contributed by atoms with Crippen molar-refractivity contribution in [1.29, 1.82) is 5.26 Å². The van der Waals surface area contributed by atoms with Crippen LogP contribution in [0.3, 0.4) is 0 Å². The minimum absolute atomic E-state index is 0.00333. The molecule has 1 aliphatic rings. The zero-order valence-corrected chi connectivity index (χ0v) is 19.0. The normalized spacial score (nSPS) is 16.4. The van der Waals surface area contributed by atoms with E-state index in [-0.39, 0.29) is 17.7 Å². The van der Waals surface area contributed by atoms with Crippen LogP contribution >= 0.6 is 23.1 Å². The van der Waals surface area contributed by atoms with Crippen LogP contribution < -0.4 is 0 Å². The molecule has 0 saturated heterocycles. The van der Waals surface area contributed by atoms with Crippen LogP contribution in [0.5, 0.6) is 0 Å². The highest BCUT2D eigenvalue weighted by Crippen LogP contribution is 2.44. The van der Waals surface area contributed by atoms with Gasteiger partial charge in [0.05, 0.1) is 22.0 Å². The fraction of sp³-hybridized carbons (Fsp3) is 0.455. The molecule has 0 saturated carbocycles. The first-order valence-electron chi connectivity index (χ1n) is 9.85. The van der Waals surface area contributed by atoms with Crippen molar-refractivity contribution in [2.75, 3.05) is 12.4 Å². The molecule has 1 aromatic carbocycles. The van der Waals surface area contributed by atoms with Crippen LogP contribution in [0.1, 0.15) is 48.8 Å². The smallest absolute Gasteiger partial charge is 0.283 e. The first kappa shape index (κ1) is 22.5. The minimum atomic E-state index is -0.422. The number of aliphatic imine (C=N–C) groups is 1. The van der Waals surface area contributed by atoms with E-state index < -0.39 is 4.92 Å². The quantitative estimate of drug-likeness (QED) is 0.274. The van der Waals surface area contributed by atoms with Crippen molar-refractivity contribution >= 4 is 40.0 Å². The third kappa shape index (κ3) is 4.91. The van der Waals surface area contributed by atoms with Gasteiger partial charge in [0.25, 0.3) is 5.69 Å². The summed E-state index contributed by atoms with van der Waals surface area (Å²) in [6.07, 6.45) is 4.53. The molecular weight excluding hydrogens is 418 g/mol. The predicted molar refractivity (Wildman–Crippen MR) is 122 cm³/mol. The van der Waals surface area contributed by atoms with Gasteiger partial charge in [-0.05, 0) is 47.8 Å². The molecule has 6 nitrogen and oxygen atoms in total. The molecule has 0 spiro atoms. The number of fused-ring (bicyclic) bond motifs is 1. The van der Waals surface area contributed by atoms with Crippen LogP contribution in [0.2, 0.25) is 0 Å². The first-order valence-corrected chi connectivity index (χ1v) is 11.7. The van der Waals surface area contributed by atoms with Crippen molar-refractivity contribution < 1.29 is 10.0 Å². The average Bonchev–Trinajstić information content (AvgIpc) is 3.06. The largest absolute Gasteiger partial charge is 0.396 e. The summed E-state index contributed by atoms with van der Waals surface area (Å²) in [5.74, 6) is 0.981. The maximum Gasteiger partial charge on any atom is 0.283 e. The fourth-order valence-electron chi connectivity index (χ4n) is 3.69. The summed E-state index contributed by atoms with van der Waals surface area (Å²) >= 11 is 2.81. The highest BCUT2D eigenvalue weighted by molar-refractivity contribution is 7.99. The molecule has 158 valence electrons. The number of hydrogen-bond acceptors (Lipinski definition) is 7. The number of rotatable bonds is 6. The lowest BCUT2D eigenvalue weighted by Gasteiger charge is -2.33. The van der Waals surface area contributed by atoms with Gasteiger partial charge in [-0.3, -0.25) is 10.1 Å². The summed E-state index contributed by atoms with van der Waals surface area (Å²) in [7, 11) is 0. The summed E-state index contributed by atoms with van der Waals surface area (Å²) in [5, 5.41) is 30.7. The Morgan fingerprint density at radius 1 is 1.47 bits per heavy atom. The molecule has 1 aromatic heterocycles. The molecular formula is C22H25N3O3S2. The maximum absolute atomic E-state index is 11.4. The van der Waals surface area contributed by atoms with E-state index in [2.05, 4.69) is 31.8 Å². The Balaban J connectivity index is 1.88. The zero-order chi connectivity index (χ0) is 21.9. The highest BCUT2D eigenvalue weighted by Gasteiger charge is 2.32. The van der Waals surface area contributed by atoms with Gasteiger partial charge in [-0.2, -0.15) is 5.26 Å². The van der Waals surface area contributed by atoms with E-state index in [4.69, 9.17) is 5.11 Å². The van der Waals surface area contributed by atoms with E-state index in [0.717, 1.165) is 24.8 Å². The molecule has 0 amide bonds. The lowest BCUT2D eigenvalue weighted by Crippen LogP contribution is -2.26. The Hall–Kier alpha value is -2.21. The van der Waals surface area contributed by atoms with Gasteiger partial charge >= 0.3 is 0 Å². The summed E-state index contributed by atoms with van der Waals surface area (Å²) in [6.45, 7) is 6.74. The van der Waals surface area contributed by atoms with Crippen molar-refractivity contribution in [3.05, 3.63) is 49.9 Å². The molecule has 1 aliphatic carbocycles. The Labute approximate surface area is 184 Å². The monoisotopic (exact) mass is 443 g/mol. The Morgan fingerprint density at radius 3 is 2.87 bits per heavy atom. The van der Waals surface area contributed by atoms with E-state index in [0.29, 0.717) is 32.7 Å². The van der Waals surface area contributed by atoms with Gasteiger partial charge in [0, 0.05) is 22.9 Å². The van der Waals surface area contributed by atoms with Crippen LogP contribution in [0.15, 0.2) is 28.1 Å². The van der Waals surface area contributed by atoms with Gasteiger partial charge < -0.3 is 5.11 Å². The van der Waals surface area contributed by atoms with Gasteiger partial charge in [0.2, 0.25) is 0 Å². The molecule has 0 fully saturated rings. The second-order valence-corrected chi connectivity index (χ2v) is 10.6. The number of aliphatic hydroxyl groups is 1. The van der Waals surface area contributed by atoms with Crippen molar-refractivity contribution in [2.24, 2.45) is 16.3 Å². The molecule has 0 aliphatic heterocycles. The summed E-state index contributed by atoms with van der Waals surface area (Å²) in [5.41, 5.74) is 2.60. The van der Waals surface area contributed by atoms with E-state index in [1.165, 1.54) is 22.7 Å². The van der Waals surface area contributed by atoms with Gasteiger partial charge in [-0.15, -0.1) is 23.1 Å². The second kappa shape index (κ2) is 9.29. The van der Waals surface area contributed by atoms with Gasteiger partial charge in [-0.25, -0.2) is 4.99 Å². The lowest BCUT2D eigenvalue weighted by atomic mass is 9.72. The molecule has 8 heteroatoms. The number of nitriles is 1. The number of hydrogen-bond donors (Lipinski definition) is 1. The molecule has 1 unspecified atom stereocenters. The van der Waals surface area contributed by atoms with Crippen LogP contribution in [0, 0.1) is 32.8 Å². The molecule has 0 bridgehead atoms. The van der Waals surface area contributed by atoms with Crippen LogP contribution in [0.4, 0.5) is 10.7 Å². The van der Waals surface area contributed by atoms with Crippen LogP contribution in [-0.4, -0.2) is 28.6 Å². The summed E-state index contributed by atoms with van der Waals surface area (Å²) in [6, 6.07) is 7.25. The van der Waals surface area contributed by atoms with E-state index in [1.54, 1.807) is 29.7 Å². The number of nitro groups is 1. The summed E-state index contributed by atoms with van der Waals surface area (Å²) < 4.78 is 0. The number of nitro benzene ring substituents is 1. The van der Waals surface area contributed by atoms with Crippen molar-refractivity contribution in [2.45, 2.75) is 44.9 Å². The number of thioether (sulfide) groups is 1. The van der Waals surface area contributed by atoms with Crippen molar-refractivity contribution in [1.82, 2.24) is 0 Å². The Kier molecular flexibility index (Phi) is 6.96. The minimum Gasteiger partial charge on any atom is -0.396 e. The maximum atomic E-state index is 11.4. The topological polar surface area (TPSA) is 99.5 Å². The lowest BCUT2D eigenvalue weighted by molar-refractivity contribution is -0.387. The molecule has 0 radical (unpaired) electrons. The van der Waals surface area contributed by atoms with Crippen LogP contribution in [-0.2, 0) is 12.8 Å². The second-order valence-electron chi connectivity index (χ2n) is 8.42. The SMILES string of the molecule is CC(C)(C)C1CCc2c(sc(N=Cc3ccc(SCCO)c([N+](=O)[O-])c3)c2C#N)C1. The molecule has 1 N–H and O–H groups in total. The molecule has 30 heavy (non-hydrogen) atoms. The standard InChI is InChI=1S/C22H25N3O3S2/c1-22(2,3)15-5-6-16-17(12-23)21(30-20(16)11-15)24-13-14-4-7-19(29-9-8-26)18(10-14)25(27)28/h4,7,10,13,15,26H,5-6,8-9,11H2,1-3H3. The molecule has 1 heterocycles. The molecule has 1 atom stereocenters. The van der Waals surface area contributed by atoms with Gasteiger partial charge in [0.15, 0.2) is 0 Å². The van der Waals surface area contributed by atoms with Crippen molar-refractivity contribution in [3.63, 3.8) is 0 Å². The summed E-state index contributed by atoms with van der Waals surface area (Å²) in [4.78, 5) is 17.3. The molecule has 3 rings (SSSR count). The number of thiophene rings is 1. The average molecular weight is 444 g/mol. The first-order chi connectivity index (χ1) is 14.2. The zero-order valence-electron chi connectivity index (χ0n) is 17.3. The number of aliphatic hydroxyl groups excluding tert-OH is 1. The third-order valence-corrected chi connectivity index (χ3v) is 7.65. The highest BCUT2D eigenvalue weighted by atomic mass is 32.2. The Morgan fingerprint density at radius 2 is 2.23 bits per heavy atom. The number of nitrogens with zero attached hydrogens (tertiary/aromatic N) is 3. The Bertz CT molecular complexity index is 1020. The van der Waals surface area contributed by atoms with E-state index >= 15 is 0 Å².